The Balaban J connectivity index is 1.30. The smallest absolute Gasteiger partial charge is 0.174 e. The van der Waals surface area contributed by atoms with Gasteiger partial charge < -0.3 is 58.0 Å². The molecule has 0 aromatic heterocycles. The Morgan fingerprint density at radius 2 is 0.652 bits per heavy atom. The van der Waals surface area contributed by atoms with Crippen molar-refractivity contribution in [2.75, 3.05) is 62.5 Å². The van der Waals surface area contributed by atoms with E-state index in [9.17, 15) is 25.8 Å². The maximum Gasteiger partial charge on any atom is 0.174 e. The van der Waals surface area contributed by atoms with Crippen molar-refractivity contribution < 1.29 is 58.0 Å². The number of hydrogen-bond donors (Lipinski definition) is 3. The summed E-state index contributed by atoms with van der Waals surface area (Å²) in [5, 5.41) is 61.5. The number of hydrogen-bond acceptors (Lipinski definition) is 15. The molecule has 0 radical (unpaired) electrons. The second-order valence-electron chi connectivity index (χ2n) is 15.8. The number of aryl methyl sites for hydroxylation is 1. The molecule has 69 heavy (non-hydrogen) atoms. The van der Waals surface area contributed by atoms with Gasteiger partial charge in [-0.1, -0.05) is 0 Å². The zero-order chi connectivity index (χ0) is 49.6. The Labute approximate surface area is 401 Å². The number of phenols is 3. The minimum absolute atomic E-state index is 0.00246. The second kappa shape index (κ2) is 23.2. The van der Waals surface area contributed by atoms with E-state index in [-0.39, 0.29) is 56.3 Å². The number of ether oxygens (including phenoxy) is 9. The summed E-state index contributed by atoms with van der Waals surface area (Å²) < 4.78 is 52.0. The number of benzene rings is 6. The lowest BCUT2D eigenvalue weighted by molar-refractivity contribution is 0.360. The van der Waals surface area contributed by atoms with E-state index in [2.05, 4.69) is 0 Å². The van der Waals surface area contributed by atoms with E-state index < -0.39 is 0 Å². The Hall–Kier alpha value is -8.61. The lowest BCUT2D eigenvalue weighted by Gasteiger charge is -2.19. The Bertz CT molecular complexity index is 2950. The van der Waals surface area contributed by atoms with Crippen LogP contribution in [0.4, 0.5) is 0 Å². The zero-order valence-corrected chi connectivity index (χ0v) is 39.5. The summed E-state index contributed by atoms with van der Waals surface area (Å²) in [4.78, 5) is 0. The molecule has 0 bridgehead atoms. The molecule has 15 nitrogen and oxygen atoms in total. The van der Waals surface area contributed by atoms with Gasteiger partial charge in [-0.15, -0.1) is 0 Å². The molecule has 0 amide bonds. The van der Waals surface area contributed by atoms with Crippen molar-refractivity contribution in [2.24, 2.45) is 0 Å². The van der Waals surface area contributed by atoms with E-state index in [0.717, 1.165) is 5.56 Å². The van der Waals surface area contributed by atoms with Crippen LogP contribution in [0.2, 0.25) is 0 Å². The van der Waals surface area contributed by atoms with Crippen molar-refractivity contribution in [3.8, 4) is 87.2 Å². The molecule has 0 fully saturated rings. The third-order valence-corrected chi connectivity index (χ3v) is 11.5. The largest absolute Gasteiger partial charge is 0.508 e. The van der Waals surface area contributed by atoms with Gasteiger partial charge in [-0.2, -0.15) is 15.8 Å². The fourth-order valence-electron chi connectivity index (χ4n) is 8.10. The fraction of sp³-hybridized carbons (Fsp3) is 0.278. The van der Waals surface area contributed by atoms with Crippen LogP contribution in [0.15, 0.2) is 78.9 Å². The standard InChI is InChI=1S/C54H53N3O12/c1-32-16-48(62-3)36(23-44(32)58)20-41-28-51(65-6)39(30-53(41)68-14-11-56)18-34-27-50(64-5)38(25-46(34)60)21-42-29-52(66-7)40(31-54(42)69-15-12-57)17-33-26-49(63-4)37(24-45(33)59)19-35-22-43(61-2)8-9-47(35)67-13-10-55/h8-9,16,22-31,58-60H,13-15,17-21H2,1-7H3. The average Bonchev–Trinajstić information content (AvgIpc) is 3.35. The summed E-state index contributed by atoms with van der Waals surface area (Å²) >= 11 is 0. The highest BCUT2D eigenvalue weighted by Gasteiger charge is 2.22. The first kappa shape index (κ1) is 49.8. The molecule has 6 aromatic carbocycles. The van der Waals surface area contributed by atoms with E-state index >= 15 is 0 Å². The fourth-order valence-corrected chi connectivity index (χ4v) is 8.10. The molecule has 15 heteroatoms. The molecule has 0 aliphatic carbocycles. The summed E-state index contributed by atoms with van der Waals surface area (Å²) in [6, 6.07) is 28.6. The van der Waals surface area contributed by atoms with Crippen LogP contribution in [0.1, 0.15) is 61.2 Å². The molecule has 0 unspecified atom stereocenters. The molecule has 3 N–H and O–H groups in total. The van der Waals surface area contributed by atoms with Gasteiger partial charge in [0.1, 0.15) is 87.2 Å². The summed E-state index contributed by atoms with van der Waals surface area (Å²) in [7, 11) is 9.25. The lowest BCUT2D eigenvalue weighted by atomic mass is 9.93. The summed E-state index contributed by atoms with van der Waals surface area (Å²) in [5.41, 5.74) is 7.07. The van der Waals surface area contributed by atoms with Crippen LogP contribution in [0.3, 0.4) is 0 Å². The minimum atomic E-state index is -0.250. The third-order valence-electron chi connectivity index (χ3n) is 11.5. The normalized spacial score (nSPS) is 10.6. The maximum atomic E-state index is 11.6. The number of aromatic hydroxyl groups is 3. The van der Waals surface area contributed by atoms with E-state index in [4.69, 9.17) is 47.9 Å². The second-order valence-corrected chi connectivity index (χ2v) is 15.8. The van der Waals surface area contributed by atoms with Crippen molar-refractivity contribution in [2.45, 2.75) is 39.0 Å². The first-order valence-corrected chi connectivity index (χ1v) is 21.6. The van der Waals surface area contributed by atoms with E-state index in [1.54, 1.807) is 93.9 Å². The van der Waals surface area contributed by atoms with Gasteiger partial charge >= 0.3 is 0 Å². The molecule has 0 spiro atoms. The molecule has 0 heterocycles. The van der Waals surface area contributed by atoms with Crippen molar-refractivity contribution in [1.29, 1.82) is 15.8 Å². The number of phenolic OH excluding ortho intramolecular Hbond substituents is 3. The first-order valence-electron chi connectivity index (χ1n) is 21.6. The average molecular weight is 936 g/mol. The van der Waals surface area contributed by atoms with Gasteiger partial charge in [-0.3, -0.25) is 0 Å². The van der Waals surface area contributed by atoms with Crippen molar-refractivity contribution in [3.63, 3.8) is 0 Å². The van der Waals surface area contributed by atoms with Gasteiger partial charge in [-0.25, -0.2) is 0 Å². The molecule has 0 aliphatic rings. The van der Waals surface area contributed by atoms with Crippen molar-refractivity contribution in [3.05, 3.63) is 140 Å². The van der Waals surface area contributed by atoms with Crippen LogP contribution in [0, 0.1) is 40.9 Å². The number of methoxy groups -OCH3 is 6. The van der Waals surface area contributed by atoms with Gasteiger partial charge in [-0.05, 0) is 91.3 Å². The van der Waals surface area contributed by atoms with Crippen LogP contribution < -0.4 is 42.6 Å². The van der Waals surface area contributed by atoms with Crippen molar-refractivity contribution in [1.82, 2.24) is 0 Å². The molecular weight excluding hydrogens is 883 g/mol. The molecule has 0 saturated heterocycles. The molecule has 0 atom stereocenters. The summed E-state index contributed by atoms with van der Waals surface area (Å²) in [6.45, 7) is 1.18. The minimum Gasteiger partial charge on any atom is -0.508 e. The highest BCUT2D eigenvalue weighted by atomic mass is 16.5. The van der Waals surface area contributed by atoms with Gasteiger partial charge in [0.25, 0.3) is 0 Å². The van der Waals surface area contributed by atoms with Crippen molar-refractivity contribution >= 4 is 0 Å². The number of nitrogens with zero attached hydrogens (tertiary/aromatic N) is 3. The highest BCUT2D eigenvalue weighted by Crippen LogP contribution is 2.41. The Morgan fingerprint density at radius 3 is 1.04 bits per heavy atom. The molecule has 0 aliphatic heterocycles. The topological polar surface area (TPSA) is 215 Å². The lowest BCUT2D eigenvalue weighted by Crippen LogP contribution is -2.05. The van der Waals surface area contributed by atoms with E-state index in [1.807, 2.05) is 24.3 Å². The maximum absolute atomic E-state index is 11.6. The monoisotopic (exact) mass is 935 g/mol. The first-order chi connectivity index (χ1) is 33.4. The van der Waals surface area contributed by atoms with E-state index in [1.165, 1.54) is 28.4 Å². The third kappa shape index (κ3) is 11.9. The quantitative estimate of drug-likeness (QED) is 0.0580. The summed E-state index contributed by atoms with van der Waals surface area (Å²) in [5.74, 6) is 4.56. The van der Waals surface area contributed by atoms with Crippen LogP contribution in [-0.4, -0.2) is 77.8 Å². The van der Waals surface area contributed by atoms with Gasteiger partial charge in [0.15, 0.2) is 19.8 Å². The summed E-state index contributed by atoms with van der Waals surface area (Å²) in [6.07, 6.45) is 1.20. The van der Waals surface area contributed by atoms with E-state index in [0.29, 0.717) is 120 Å². The predicted molar refractivity (Wildman–Crippen MR) is 255 cm³/mol. The number of nitriles is 3. The SMILES string of the molecule is COc1ccc(OCC#N)c(Cc2cc(O)c(Cc3cc(OCC#N)c(Cc4cc(O)c(Cc5cc(OCC#N)c(Cc6cc(O)c(C)cc6OC)cc5OC)cc4OC)cc3OC)cc2OC)c1. The number of rotatable bonds is 22. The van der Waals surface area contributed by atoms with Gasteiger partial charge in [0.2, 0.25) is 0 Å². The highest BCUT2D eigenvalue weighted by molar-refractivity contribution is 5.58. The van der Waals surface area contributed by atoms with Gasteiger partial charge in [0.05, 0.1) is 42.7 Å². The predicted octanol–water partition coefficient (Wildman–Crippen LogP) is 8.82. The Kier molecular flexibility index (Phi) is 16.8. The molecular formula is C54H53N3O12. The molecule has 356 valence electrons. The Morgan fingerprint density at radius 1 is 0.348 bits per heavy atom. The van der Waals surface area contributed by atoms with Gasteiger partial charge in [0, 0.05) is 87.7 Å². The zero-order valence-electron chi connectivity index (χ0n) is 39.5. The van der Waals surface area contributed by atoms with Crippen LogP contribution in [0.5, 0.6) is 69.0 Å². The van der Waals surface area contributed by atoms with Crippen LogP contribution in [-0.2, 0) is 32.1 Å². The molecule has 6 aromatic rings. The van der Waals surface area contributed by atoms with Crippen LogP contribution in [0.25, 0.3) is 0 Å². The van der Waals surface area contributed by atoms with Crippen LogP contribution >= 0.6 is 0 Å². The molecule has 6 rings (SSSR count). The molecule has 0 saturated carbocycles.